The maximum atomic E-state index is 13.8. The lowest BCUT2D eigenvalue weighted by Gasteiger charge is -2.05. The van der Waals surface area contributed by atoms with Crippen molar-refractivity contribution in [3.8, 4) is 11.3 Å². The SMILES string of the molecule is O=C(CCc1ccc(-c2ccccc2F)o1)NCc1nnc2n1CCC2. The summed E-state index contributed by atoms with van der Waals surface area (Å²) in [5, 5.41) is 11.1. The van der Waals surface area contributed by atoms with Gasteiger partial charge in [0.1, 0.15) is 23.2 Å². The molecule has 1 amide bonds. The summed E-state index contributed by atoms with van der Waals surface area (Å²) < 4.78 is 21.5. The average Bonchev–Trinajstić information content (AvgIpc) is 3.36. The molecule has 0 fully saturated rings. The first-order valence-corrected chi connectivity index (χ1v) is 8.72. The highest BCUT2D eigenvalue weighted by Crippen LogP contribution is 2.25. The summed E-state index contributed by atoms with van der Waals surface area (Å²) in [5.74, 6) is 2.51. The summed E-state index contributed by atoms with van der Waals surface area (Å²) in [7, 11) is 0. The van der Waals surface area contributed by atoms with Crippen LogP contribution in [0.5, 0.6) is 0 Å². The van der Waals surface area contributed by atoms with Crippen LogP contribution in [0.4, 0.5) is 4.39 Å². The molecule has 0 atom stereocenters. The Kier molecular flexibility index (Phi) is 4.51. The van der Waals surface area contributed by atoms with E-state index >= 15 is 0 Å². The smallest absolute Gasteiger partial charge is 0.220 e. The van der Waals surface area contributed by atoms with E-state index in [1.165, 1.54) is 6.07 Å². The summed E-state index contributed by atoms with van der Waals surface area (Å²) in [5.41, 5.74) is 0.420. The van der Waals surface area contributed by atoms with Crippen LogP contribution in [0, 0.1) is 5.82 Å². The second-order valence-corrected chi connectivity index (χ2v) is 6.31. The lowest BCUT2D eigenvalue weighted by atomic mass is 10.1. The minimum absolute atomic E-state index is 0.0795. The molecule has 7 heteroatoms. The van der Waals surface area contributed by atoms with E-state index < -0.39 is 0 Å². The van der Waals surface area contributed by atoms with Crippen molar-refractivity contribution in [2.75, 3.05) is 0 Å². The highest BCUT2D eigenvalue weighted by Gasteiger charge is 2.17. The minimum atomic E-state index is -0.327. The molecule has 1 aliphatic rings. The van der Waals surface area contributed by atoms with E-state index in [1.54, 1.807) is 30.3 Å². The fourth-order valence-electron chi connectivity index (χ4n) is 3.16. The first kappa shape index (κ1) is 16.5. The Bertz CT molecular complexity index is 931. The highest BCUT2D eigenvalue weighted by molar-refractivity contribution is 5.76. The number of hydrogen-bond donors (Lipinski definition) is 1. The zero-order chi connectivity index (χ0) is 17.9. The molecule has 0 bridgehead atoms. The third-order valence-corrected chi connectivity index (χ3v) is 4.53. The molecule has 134 valence electrons. The van der Waals surface area contributed by atoms with Crippen molar-refractivity contribution in [3.63, 3.8) is 0 Å². The second kappa shape index (κ2) is 7.11. The summed E-state index contributed by atoms with van der Waals surface area (Å²) in [6, 6.07) is 9.96. The van der Waals surface area contributed by atoms with E-state index in [4.69, 9.17) is 4.42 Å². The van der Waals surface area contributed by atoms with Crippen molar-refractivity contribution in [2.45, 2.75) is 38.8 Å². The number of nitrogens with one attached hydrogen (secondary N) is 1. The van der Waals surface area contributed by atoms with Crippen LogP contribution in [0.2, 0.25) is 0 Å². The molecule has 0 saturated heterocycles. The lowest BCUT2D eigenvalue weighted by molar-refractivity contribution is -0.121. The predicted octanol–water partition coefficient (Wildman–Crippen LogP) is 2.87. The molecule has 4 rings (SSSR count). The van der Waals surface area contributed by atoms with Gasteiger partial charge in [-0.05, 0) is 30.7 Å². The number of furan rings is 1. The van der Waals surface area contributed by atoms with Gasteiger partial charge in [0.25, 0.3) is 0 Å². The monoisotopic (exact) mass is 354 g/mol. The first-order valence-electron chi connectivity index (χ1n) is 8.72. The van der Waals surface area contributed by atoms with Crippen molar-refractivity contribution < 1.29 is 13.6 Å². The molecular formula is C19H19FN4O2. The number of fused-ring (bicyclic) bond motifs is 1. The van der Waals surface area contributed by atoms with Crippen LogP contribution >= 0.6 is 0 Å². The second-order valence-electron chi connectivity index (χ2n) is 6.31. The molecule has 0 aliphatic carbocycles. The summed E-state index contributed by atoms with van der Waals surface area (Å²) in [6.07, 6.45) is 2.78. The fraction of sp³-hybridized carbons (Fsp3) is 0.316. The van der Waals surface area contributed by atoms with E-state index in [0.29, 0.717) is 36.5 Å². The van der Waals surface area contributed by atoms with E-state index in [-0.39, 0.29) is 11.7 Å². The standard InChI is InChI=1S/C19H19FN4O2/c20-15-5-2-1-4-14(15)16-9-7-13(26-16)8-10-19(25)21-12-18-23-22-17-6-3-11-24(17)18/h1-2,4-5,7,9H,3,6,8,10-12H2,(H,21,25). The molecule has 0 saturated carbocycles. The number of aryl methyl sites for hydroxylation is 2. The Labute approximate surface area is 150 Å². The van der Waals surface area contributed by atoms with Crippen LogP contribution in [0.1, 0.15) is 30.3 Å². The number of rotatable bonds is 6. The molecular weight excluding hydrogens is 335 g/mol. The molecule has 1 aliphatic heterocycles. The Morgan fingerprint density at radius 2 is 2.12 bits per heavy atom. The number of halogens is 1. The van der Waals surface area contributed by atoms with Crippen molar-refractivity contribution in [3.05, 3.63) is 59.6 Å². The van der Waals surface area contributed by atoms with E-state index in [1.807, 2.05) is 0 Å². The zero-order valence-corrected chi connectivity index (χ0v) is 14.2. The predicted molar refractivity (Wildman–Crippen MR) is 92.6 cm³/mol. The normalized spacial score (nSPS) is 13.0. The summed E-state index contributed by atoms with van der Waals surface area (Å²) in [4.78, 5) is 12.1. The van der Waals surface area contributed by atoms with Gasteiger partial charge in [-0.25, -0.2) is 4.39 Å². The molecule has 0 spiro atoms. The number of carbonyl (C=O) groups is 1. The van der Waals surface area contributed by atoms with Crippen LogP contribution in [0.15, 0.2) is 40.8 Å². The Morgan fingerprint density at radius 1 is 1.23 bits per heavy atom. The fourth-order valence-corrected chi connectivity index (χ4v) is 3.16. The average molecular weight is 354 g/mol. The largest absolute Gasteiger partial charge is 0.461 e. The quantitative estimate of drug-likeness (QED) is 0.739. The molecule has 1 N–H and O–H groups in total. The maximum absolute atomic E-state index is 13.8. The van der Waals surface area contributed by atoms with Gasteiger partial charge in [-0.15, -0.1) is 10.2 Å². The van der Waals surface area contributed by atoms with Crippen LogP contribution in [0.3, 0.4) is 0 Å². The van der Waals surface area contributed by atoms with Gasteiger partial charge in [-0.1, -0.05) is 12.1 Å². The topological polar surface area (TPSA) is 73.0 Å². The maximum Gasteiger partial charge on any atom is 0.220 e. The number of carbonyl (C=O) groups excluding carboxylic acids is 1. The molecule has 3 heterocycles. The van der Waals surface area contributed by atoms with Gasteiger partial charge in [0, 0.05) is 25.8 Å². The molecule has 26 heavy (non-hydrogen) atoms. The first-order chi connectivity index (χ1) is 12.7. The van der Waals surface area contributed by atoms with Crippen molar-refractivity contribution in [1.29, 1.82) is 0 Å². The molecule has 1 aromatic carbocycles. The van der Waals surface area contributed by atoms with Gasteiger partial charge < -0.3 is 14.3 Å². The number of benzene rings is 1. The van der Waals surface area contributed by atoms with E-state index in [0.717, 1.165) is 31.0 Å². The van der Waals surface area contributed by atoms with Crippen molar-refractivity contribution >= 4 is 5.91 Å². The highest BCUT2D eigenvalue weighted by atomic mass is 19.1. The van der Waals surface area contributed by atoms with Gasteiger partial charge in [0.2, 0.25) is 5.91 Å². The van der Waals surface area contributed by atoms with Crippen LogP contribution in [-0.4, -0.2) is 20.7 Å². The molecule has 6 nitrogen and oxygen atoms in total. The lowest BCUT2D eigenvalue weighted by Crippen LogP contribution is -2.24. The van der Waals surface area contributed by atoms with Crippen LogP contribution in [-0.2, 0) is 30.7 Å². The minimum Gasteiger partial charge on any atom is -0.461 e. The Hall–Kier alpha value is -2.96. The van der Waals surface area contributed by atoms with Crippen LogP contribution in [0.25, 0.3) is 11.3 Å². The van der Waals surface area contributed by atoms with Gasteiger partial charge in [-0.2, -0.15) is 0 Å². The summed E-state index contributed by atoms with van der Waals surface area (Å²) in [6.45, 7) is 1.29. The molecule has 3 aromatic rings. The number of aromatic nitrogens is 3. The number of hydrogen-bond acceptors (Lipinski definition) is 4. The number of amides is 1. The zero-order valence-electron chi connectivity index (χ0n) is 14.2. The Morgan fingerprint density at radius 3 is 3.00 bits per heavy atom. The van der Waals surface area contributed by atoms with Gasteiger partial charge in [0.05, 0.1) is 12.1 Å². The third kappa shape index (κ3) is 3.37. The van der Waals surface area contributed by atoms with E-state index in [9.17, 15) is 9.18 Å². The van der Waals surface area contributed by atoms with Crippen molar-refractivity contribution in [2.24, 2.45) is 0 Å². The Balaban J connectivity index is 1.30. The number of nitrogens with zero attached hydrogens (tertiary/aromatic N) is 3. The molecule has 2 aromatic heterocycles. The van der Waals surface area contributed by atoms with E-state index in [2.05, 4.69) is 20.1 Å². The van der Waals surface area contributed by atoms with Gasteiger partial charge >= 0.3 is 0 Å². The van der Waals surface area contributed by atoms with Gasteiger partial charge in [0.15, 0.2) is 5.82 Å². The molecule has 0 unspecified atom stereocenters. The third-order valence-electron chi connectivity index (χ3n) is 4.53. The van der Waals surface area contributed by atoms with Crippen molar-refractivity contribution in [1.82, 2.24) is 20.1 Å². The summed E-state index contributed by atoms with van der Waals surface area (Å²) >= 11 is 0. The van der Waals surface area contributed by atoms with Crippen LogP contribution < -0.4 is 5.32 Å². The van der Waals surface area contributed by atoms with Gasteiger partial charge in [-0.3, -0.25) is 4.79 Å². The molecule has 0 radical (unpaired) electrons.